The molecule has 19 heavy (non-hydrogen) atoms. The first-order valence-electron chi connectivity index (χ1n) is 6.02. The summed E-state index contributed by atoms with van der Waals surface area (Å²) in [7, 11) is -2.43. The van der Waals surface area contributed by atoms with Crippen LogP contribution >= 0.6 is 0 Å². The molecule has 0 aromatic heterocycles. The first kappa shape index (κ1) is 15.5. The number of para-hydroxylation sites is 1. The van der Waals surface area contributed by atoms with Gasteiger partial charge in [-0.3, -0.25) is 4.79 Å². The summed E-state index contributed by atoms with van der Waals surface area (Å²) in [5.74, 6) is -0.499. The second-order valence-corrected chi connectivity index (χ2v) is 5.94. The van der Waals surface area contributed by atoms with Crippen molar-refractivity contribution in [2.45, 2.75) is 30.4 Å². The van der Waals surface area contributed by atoms with Crippen LogP contribution in [0.5, 0.6) is 5.75 Å². The minimum atomic E-state index is -3.81. The van der Waals surface area contributed by atoms with E-state index in [-0.39, 0.29) is 23.7 Å². The van der Waals surface area contributed by atoms with E-state index in [1.165, 1.54) is 13.2 Å². The highest BCUT2D eigenvalue weighted by atomic mass is 32.2. The Morgan fingerprint density at radius 2 is 1.89 bits per heavy atom. The molecule has 0 N–H and O–H groups in total. The maximum atomic E-state index is 12.5. The molecule has 1 unspecified atom stereocenters. The maximum Gasteiger partial charge on any atom is 0.324 e. The zero-order chi connectivity index (χ0) is 14.5. The Kier molecular flexibility index (Phi) is 5.35. The van der Waals surface area contributed by atoms with Crippen molar-refractivity contribution < 1.29 is 22.7 Å². The number of hydrogen-bond donors (Lipinski definition) is 0. The third-order valence-corrected chi connectivity index (χ3v) is 4.90. The van der Waals surface area contributed by atoms with Crippen LogP contribution in [-0.2, 0) is 19.4 Å². The van der Waals surface area contributed by atoms with Gasteiger partial charge in [-0.25, -0.2) is 8.42 Å². The second kappa shape index (κ2) is 6.56. The summed E-state index contributed by atoms with van der Waals surface area (Å²) in [6.07, 6.45) is 0.152. The van der Waals surface area contributed by atoms with Crippen LogP contribution in [0, 0.1) is 0 Å². The summed E-state index contributed by atoms with van der Waals surface area (Å²) in [6.45, 7) is 3.42. The lowest BCUT2D eigenvalue weighted by Gasteiger charge is -2.16. The molecule has 1 rings (SSSR count). The number of benzene rings is 1. The smallest absolute Gasteiger partial charge is 0.324 e. The standard InChI is InChI=1S/C13H18O5S/c1-4-11(13(14)18-5-2)19(15,16)12-9-7-6-8-10(12)17-3/h6-9,11H,4-5H2,1-3H3. The van der Waals surface area contributed by atoms with Crippen LogP contribution in [0.15, 0.2) is 29.2 Å². The average molecular weight is 286 g/mol. The Balaban J connectivity index is 3.24. The number of esters is 1. The topological polar surface area (TPSA) is 69.7 Å². The summed E-state index contributed by atoms with van der Waals surface area (Å²) in [4.78, 5) is 11.8. The molecule has 1 aromatic rings. The van der Waals surface area contributed by atoms with Crippen molar-refractivity contribution in [3.8, 4) is 5.75 Å². The number of sulfone groups is 1. The van der Waals surface area contributed by atoms with Crippen LogP contribution in [0.25, 0.3) is 0 Å². The predicted molar refractivity (Wildman–Crippen MR) is 70.9 cm³/mol. The number of hydrogen-bond acceptors (Lipinski definition) is 5. The van der Waals surface area contributed by atoms with Gasteiger partial charge in [-0.1, -0.05) is 19.1 Å². The van der Waals surface area contributed by atoms with Gasteiger partial charge >= 0.3 is 5.97 Å². The molecule has 0 amide bonds. The molecular formula is C13H18O5S. The van der Waals surface area contributed by atoms with Gasteiger partial charge in [0.1, 0.15) is 10.6 Å². The minimum absolute atomic E-state index is 0.0115. The molecule has 106 valence electrons. The van der Waals surface area contributed by atoms with Crippen LogP contribution in [0.3, 0.4) is 0 Å². The SMILES string of the molecule is CCOC(=O)C(CC)S(=O)(=O)c1ccccc1OC. The van der Waals surface area contributed by atoms with Crippen molar-refractivity contribution in [2.75, 3.05) is 13.7 Å². The van der Waals surface area contributed by atoms with E-state index in [1.807, 2.05) is 0 Å². The fourth-order valence-corrected chi connectivity index (χ4v) is 3.52. The minimum Gasteiger partial charge on any atom is -0.495 e. The molecule has 0 radical (unpaired) electrons. The highest BCUT2D eigenvalue weighted by Gasteiger charge is 2.35. The van der Waals surface area contributed by atoms with Gasteiger partial charge in [0, 0.05) is 0 Å². The molecular weight excluding hydrogens is 268 g/mol. The number of ether oxygens (including phenoxy) is 2. The highest BCUT2D eigenvalue weighted by molar-refractivity contribution is 7.92. The molecule has 1 atom stereocenters. The summed E-state index contributed by atoms with van der Waals surface area (Å²) < 4.78 is 34.8. The lowest BCUT2D eigenvalue weighted by molar-refractivity contribution is -0.142. The molecule has 0 spiro atoms. The molecule has 0 aliphatic carbocycles. The molecule has 5 nitrogen and oxygen atoms in total. The zero-order valence-electron chi connectivity index (χ0n) is 11.3. The van der Waals surface area contributed by atoms with E-state index < -0.39 is 21.1 Å². The van der Waals surface area contributed by atoms with Crippen molar-refractivity contribution in [2.24, 2.45) is 0 Å². The molecule has 0 fully saturated rings. The quantitative estimate of drug-likeness (QED) is 0.746. The third-order valence-electron chi connectivity index (χ3n) is 2.67. The molecule has 0 aliphatic heterocycles. The second-order valence-electron chi connectivity index (χ2n) is 3.84. The lowest BCUT2D eigenvalue weighted by Crippen LogP contribution is -2.31. The first-order chi connectivity index (χ1) is 8.98. The monoisotopic (exact) mass is 286 g/mol. The Morgan fingerprint density at radius 3 is 2.42 bits per heavy atom. The zero-order valence-corrected chi connectivity index (χ0v) is 12.1. The Hall–Kier alpha value is -1.56. The molecule has 0 saturated carbocycles. The average Bonchev–Trinajstić information content (AvgIpc) is 2.39. The van der Waals surface area contributed by atoms with Crippen molar-refractivity contribution in [1.82, 2.24) is 0 Å². The molecule has 1 aromatic carbocycles. The van der Waals surface area contributed by atoms with Crippen LogP contribution in [-0.4, -0.2) is 33.4 Å². The predicted octanol–water partition coefficient (Wildman–Crippen LogP) is 1.81. The molecule has 0 saturated heterocycles. The largest absolute Gasteiger partial charge is 0.495 e. The summed E-state index contributed by atoms with van der Waals surface area (Å²) in [5, 5.41) is -1.20. The molecule has 6 heteroatoms. The fraction of sp³-hybridized carbons (Fsp3) is 0.462. The van der Waals surface area contributed by atoms with E-state index in [4.69, 9.17) is 9.47 Å². The van der Waals surface area contributed by atoms with Crippen molar-refractivity contribution in [1.29, 1.82) is 0 Å². The van der Waals surface area contributed by atoms with E-state index in [1.54, 1.807) is 32.0 Å². The molecule has 0 bridgehead atoms. The van der Waals surface area contributed by atoms with Crippen LogP contribution in [0.4, 0.5) is 0 Å². The lowest BCUT2D eigenvalue weighted by atomic mass is 10.3. The summed E-state index contributed by atoms with van der Waals surface area (Å²) >= 11 is 0. The van der Waals surface area contributed by atoms with Gasteiger partial charge in [0.2, 0.25) is 0 Å². The van der Waals surface area contributed by atoms with Crippen molar-refractivity contribution >= 4 is 15.8 Å². The first-order valence-corrected chi connectivity index (χ1v) is 7.57. The van der Waals surface area contributed by atoms with Gasteiger partial charge in [0.05, 0.1) is 13.7 Å². The molecule has 0 heterocycles. The number of rotatable bonds is 6. The van der Waals surface area contributed by atoms with Crippen LogP contribution < -0.4 is 4.74 Å². The van der Waals surface area contributed by atoms with Gasteiger partial charge in [-0.05, 0) is 25.5 Å². The highest BCUT2D eigenvalue weighted by Crippen LogP contribution is 2.28. The van der Waals surface area contributed by atoms with Crippen molar-refractivity contribution in [3.63, 3.8) is 0 Å². The molecule has 0 aliphatic rings. The fourth-order valence-electron chi connectivity index (χ4n) is 1.76. The Bertz CT molecular complexity index is 536. The number of methoxy groups -OCH3 is 1. The number of carbonyl (C=O) groups excluding carboxylic acids is 1. The third kappa shape index (κ3) is 3.26. The van der Waals surface area contributed by atoms with E-state index in [0.29, 0.717) is 0 Å². The van der Waals surface area contributed by atoms with Crippen molar-refractivity contribution in [3.05, 3.63) is 24.3 Å². The summed E-state index contributed by atoms with van der Waals surface area (Å²) in [6, 6.07) is 6.23. The van der Waals surface area contributed by atoms with E-state index >= 15 is 0 Å². The normalized spacial score (nSPS) is 12.8. The van der Waals surface area contributed by atoms with Crippen LogP contribution in [0.2, 0.25) is 0 Å². The van der Waals surface area contributed by atoms with E-state index in [9.17, 15) is 13.2 Å². The van der Waals surface area contributed by atoms with Crippen LogP contribution in [0.1, 0.15) is 20.3 Å². The summed E-state index contributed by atoms with van der Waals surface area (Å²) in [5.41, 5.74) is 0. The number of carbonyl (C=O) groups is 1. The van der Waals surface area contributed by atoms with E-state index in [0.717, 1.165) is 0 Å². The Morgan fingerprint density at radius 1 is 1.26 bits per heavy atom. The maximum absolute atomic E-state index is 12.5. The van der Waals surface area contributed by atoms with E-state index in [2.05, 4.69) is 0 Å². The van der Waals surface area contributed by atoms with Gasteiger partial charge in [-0.2, -0.15) is 0 Å². The van der Waals surface area contributed by atoms with Gasteiger partial charge in [0.25, 0.3) is 0 Å². The van der Waals surface area contributed by atoms with Gasteiger partial charge in [-0.15, -0.1) is 0 Å². The Labute approximate surface area is 113 Å². The van der Waals surface area contributed by atoms with Gasteiger partial charge in [0.15, 0.2) is 15.1 Å². The van der Waals surface area contributed by atoms with Gasteiger partial charge < -0.3 is 9.47 Å².